The van der Waals surface area contributed by atoms with E-state index in [0.717, 1.165) is 45.2 Å². The number of hydrogen-bond acceptors (Lipinski definition) is 6. The number of hydrogen-bond donors (Lipinski definition) is 4. The maximum absolute atomic E-state index is 13.3. The van der Waals surface area contributed by atoms with Crippen LogP contribution in [0.2, 0.25) is 0 Å². The Labute approximate surface area is 253 Å². The van der Waals surface area contributed by atoms with E-state index in [1.165, 1.54) is 0 Å². The average molecular weight is 595 g/mol. The van der Waals surface area contributed by atoms with Gasteiger partial charge in [-0.15, -0.1) is 0 Å². The van der Waals surface area contributed by atoms with Crippen molar-refractivity contribution in [3.63, 3.8) is 0 Å². The standard InChI is InChI=1S/C31H58N6O5/c1-8-12-15-22(6)25-20-26(38)35-24(16-13-14-17-33-31(32)37(18-9-2)19-10-3)29(40)34-23(7)28(39)36-27(21(5)11-4)30(41)42-25/h21-25,27H,8-20H2,1-7H3,(H2,32,33)(H,34,40)(H,35,38)(H,36,39). The van der Waals surface area contributed by atoms with Crippen molar-refractivity contribution in [2.45, 2.75) is 137 Å². The molecule has 0 saturated carbocycles. The normalized spacial score (nSPS) is 24.2. The van der Waals surface area contributed by atoms with Crippen LogP contribution in [0.5, 0.6) is 0 Å². The van der Waals surface area contributed by atoms with Crippen LogP contribution in [-0.4, -0.2) is 78.4 Å². The van der Waals surface area contributed by atoms with Gasteiger partial charge in [0.05, 0.1) is 6.42 Å². The van der Waals surface area contributed by atoms with Crippen LogP contribution in [-0.2, 0) is 23.9 Å². The number of nitrogens with one attached hydrogen (secondary N) is 3. The van der Waals surface area contributed by atoms with Gasteiger partial charge in [0.1, 0.15) is 24.2 Å². The number of aliphatic imine (C=N–C) groups is 1. The zero-order chi connectivity index (χ0) is 31.7. The first-order chi connectivity index (χ1) is 20.0. The number of carbonyl (C=O) groups excluding carboxylic acids is 4. The van der Waals surface area contributed by atoms with E-state index in [9.17, 15) is 19.2 Å². The molecule has 6 unspecified atom stereocenters. The molecule has 11 heteroatoms. The van der Waals surface area contributed by atoms with E-state index < -0.39 is 42.0 Å². The van der Waals surface area contributed by atoms with E-state index in [0.29, 0.717) is 38.2 Å². The van der Waals surface area contributed by atoms with Gasteiger partial charge in [-0.05, 0) is 57.3 Å². The summed E-state index contributed by atoms with van der Waals surface area (Å²) in [6.45, 7) is 15.9. The van der Waals surface area contributed by atoms with E-state index in [1.807, 2.05) is 20.8 Å². The fraction of sp³-hybridized carbons (Fsp3) is 0.839. The predicted molar refractivity (Wildman–Crippen MR) is 167 cm³/mol. The van der Waals surface area contributed by atoms with Crippen molar-refractivity contribution in [3.05, 3.63) is 0 Å². The summed E-state index contributed by atoms with van der Waals surface area (Å²) >= 11 is 0. The Balaban J connectivity index is 3.08. The second kappa shape index (κ2) is 20.1. The Bertz CT molecular complexity index is 876. The van der Waals surface area contributed by atoms with Gasteiger partial charge in [-0.2, -0.15) is 0 Å². The number of nitrogens with zero attached hydrogens (tertiary/aromatic N) is 2. The largest absolute Gasteiger partial charge is 0.460 e. The molecule has 11 nitrogen and oxygen atoms in total. The molecular weight excluding hydrogens is 536 g/mol. The van der Waals surface area contributed by atoms with Crippen molar-refractivity contribution in [2.24, 2.45) is 22.6 Å². The number of cyclic esters (lactones) is 1. The fourth-order valence-corrected chi connectivity index (χ4v) is 4.96. The summed E-state index contributed by atoms with van der Waals surface area (Å²) in [6, 6.07) is -2.61. The molecule has 1 saturated heterocycles. The zero-order valence-corrected chi connectivity index (χ0v) is 27.2. The molecule has 0 radical (unpaired) electrons. The molecule has 0 bridgehead atoms. The zero-order valence-electron chi connectivity index (χ0n) is 27.2. The maximum Gasteiger partial charge on any atom is 0.329 e. The number of unbranched alkanes of at least 4 members (excludes halogenated alkanes) is 2. The highest BCUT2D eigenvalue weighted by Crippen LogP contribution is 2.21. The quantitative estimate of drug-likeness (QED) is 0.0982. The third-order valence-corrected chi connectivity index (χ3v) is 7.96. The number of esters is 1. The van der Waals surface area contributed by atoms with E-state index in [1.54, 1.807) is 6.92 Å². The van der Waals surface area contributed by atoms with Crippen molar-refractivity contribution in [1.29, 1.82) is 0 Å². The van der Waals surface area contributed by atoms with E-state index in [2.05, 4.69) is 46.6 Å². The lowest BCUT2D eigenvalue weighted by molar-refractivity contribution is -0.158. The Morgan fingerprint density at radius 1 is 0.929 bits per heavy atom. The molecule has 1 heterocycles. The Kier molecular flexibility index (Phi) is 17.8. The highest BCUT2D eigenvalue weighted by molar-refractivity contribution is 5.93. The van der Waals surface area contributed by atoms with Crippen LogP contribution in [0.25, 0.3) is 0 Å². The van der Waals surface area contributed by atoms with E-state index in [-0.39, 0.29) is 24.2 Å². The van der Waals surface area contributed by atoms with Crippen molar-refractivity contribution >= 4 is 29.7 Å². The van der Waals surface area contributed by atoms with E-state index in [4.69, 9.17) is 10.5 Å². The van der Waals surface area contributed by atoms with Gasteiger partial charge in [0.25, 0.3) is 0 Å². The Morgan fingerprint density at radius 3 is 2.19 bits per heavy atom. The van der Waals surface area contributed by atoms with Crippen LogP contribution in [0.1, 0.15) is 113 Å². The van der Waals surface area contributed by atoms with E-state index >= 15 is 0 Å². The molecule has 1 aliphatic rings. The van der Waals surface area contributed by atoms with Crippen molar-refractivity contribution in [3.8, 4) is 0 Å². The number of ether oxygens (including phenoxy) is 1. The molecule has 0 aromatic heterocycles. The third kappa shape index (κ3) is 13.0. The third-order valence-electron chi connectivity index (χ3n) is 7.96. The maximum atomic E-state index is 13.3. The summed E-state index contributed by atoms with van der Waals surface area (Å²) in [6.07, 6.45) is 6.29. The number of rotatable bonds is 15. The predicted octanol–water partition coefficient (Wildman–Crippen LogP) is 3.26. The first-order valence-corrected chi connectivity index (χ1v) is 16.1. The van der Waals surface area contributed by atoms with Crippen molar-refractivity contribution in [1.82, 2.24) is 20.9 Å². The smallest absolute Gasteiger partial charge is 0.329 e. The van der Waals surface area contributed by atoms with Crippen LogP contribution in [0.4, 0.5) is 0 Å². The van der Waals surface area contributed by atoms with Crippen LogP contribution >= 0.6 is 0 Å². The molecule has 1 fully saturated rings. The second-order valence-electron chi connectivity index (χ2n) is 11.7. The molecule has 0 aliphatic carbocycles. The van der Waals surface area contributed by atoms with Gasteiger partial charge in [-0.1, -0.05) is 60.8 Å². The number of amides is 3. The van der Waals surface area contributed by atoms with Gasteiger partial charge < -0.3 is 31.3 Å². The van der Waals surface area contributed by atoms with Crippen LogP contribution in [0.3, 0.4) is 0 Å². The first kappa shape index (κ1) is 37.2. The summed E-state index contributed by atoms with van der Waals surface area (Å²) < 4.78 is 5.91. The minimum absolute atomic E-state index is 0.0529. The molecule has 5 N–H and O–H groups in total. The first-order valence-electron chi connectivity index (χ1n) is 16.1. The lowest BCUT2D eigenvalue weighted by atomic mass is 9.94. The lowest BCUT2D eigenvalue weighted by Gasteiger charge is -2.29. The average Bonchev–Trinajstić information content (AvgIpc) is 2.96. The Hall–Kier alpha value is -2.85. The molecule has 0 spiro atoms. The van der Waals surface area contributed by atoms with Gasteiger partial charge in [-0.25, -0.2) is 4.79 Å². The Morgan fingerprint density at radius 2 is 1.60 bits per heavy atom. The molecule has 242 valence electrons. The highest BCUT2D eigenvalue weighted by Gasteiger charge is 2.35. The molecule has 1 rings (SSSR count). The summed E-state index contributed by atoms with van der Waals surface area (Å²) in [5.74, 6) is -1.54. The fourth-order valence-electron chi connectivity index (χ4n) is 4.96. The number of guanidine groups is 1. The lowest BCUT2D eigenvalue weighted by Crippen LogP contribution is -2.55. The van der Waals surface area contributed by atoms with Gasteiger partial charge in [0, 0.05) is 19.6 Å². The van der Waals surface area contributed by atoms with Crippen molar-refractivity contribution < 1.29 is 23.9 Å². The highest BCUT2D eigenvalue weighted by atomic mass is 16.5. The molecular formula is C31H58N6O5. The monoisotopic (exact) mass is 594 g/mol. The number of nitrogens with two attached hydrogens (primary N) is 1. The second-order valence-corrected chi connectivity index (χ2v) is 11.7. The molecule has 0 aromatic rings. The van der Waals surface area contributed by atoms with Gasteiger partial charge in [0.2, 0.25) is 17.7 Å². The van der Waals surface area contributed by atoms with Gasteiger partial charge in [-0.3, -0.25) is 19.4 Å². The SMILES string of the molecule is CCCCC(C)C1CC(=O)NC(CCCCN=C(N)N(CCC)CCC)C(=O)NC(C)C(=O)NC(C(C)CC)C(=O)O1. The summed E-state index contributed by atoms with van der Waals surface area (Å²) in [4.78, 5) is 59.4. The summed E-state index contributed by atoms with van der Waals surface area (Å²) in [7, 11) is 0. The van der Waals surface area contributed by atoms with Gasteiger partial charge in [0.15, 0.2) is 5.96 Å². The summed E-state index contributed by atoms with van der Waals surface area (Å²) in [5.41, 5.74) is 6.19. The van der Waals surface area contributed by atoms with Crippen LogP contribution in [0, 0.1) is 11.8 Å². The van der Waals surface area contributed by atoms with Crippen molar-refractivity contribution in [2.75, 3.05) is 19.6 Å². The molecule has 0 aromatic carbocycles. The summed E-state index contributed by atoms with van der Waals surface area (Å²) in [5, 5.41) is 8.36. The minimum Gasteiger partial charge on any atom is -0.460 e. The van der Waals surface area contributed by atoms with Crippen LogP contribution < -0.4 is 21.7 Å². The molecule has 42 heavy (non-hydrogen) atoms. The number of carbonyl (C=O) groups is 4. The minimum atomic E-state index is -0.899. The molecule has 6 atom stereocenters. The topological polar surface area (TPSA) is 155 Å². The van der Waals surface area contributed by atoms with Gasteiger partial charge >= 0.3 is 5.97 Å². The van der Waals surface area contributed by atoms with Crippen LogP contribution in [0.15, 0.2) is 4.99 Å². The molecule has 3 amide bonds. The molecule has 1 aliphatic heterocycles.